The summed E-state index contributed by atoms with van der Waals surface area (Å²) in [5.74, 6) is 0.675. The summed E-state index contributed by atoms with van der Waals surface area (Å²) < 4.78 is 17.7. The van der Waals surface area contributed by atoms with E-state index in [0.717, 1.165) is 19.3 Å². The topological polar surface area (TPSA) is 72.4 Å². The van der Waals surface area contributed by atoms with Crippen LogP contribution in [-0.2, 0) is 19.0 Å². The zero-order valence-corrected chi connectivity index (χ0v) is 16.0. The van der Waals surface area contributed by atoms with Gasteiger partial charge in [0.15, 0.2) is 6.04 Å². The van der Waals surface area contributed by atoms with Gasteiger partial charge < -0.3 is 32.4 Å². The Hall–Kier alpha value is -0.360. The average molecular weight is 352 g/mol. The van der Waals surface area contributed by atoms with Gasteiger partial charge >= 0.3 is 5.97 Å². The summed E-state index contributed by atoms with van der Waals surface area (Å²) in [5, 5.41) is 0. The van der Waals surface area contributed by atoms with Crippen molar-refractivity contribution < 1.29 is 37.1 Å². The van der Waals surface area contributed by atoms with E-state index in [2.05, 4.69) is 33.4 Å². The fourth-order valence-corrected chi connectivity index (χ4v) is 2.54. The highest BCUT2D eigenvalue weighted by atomic mass is 35.5. The molecule has 1 aliphatic rings. The molecule has 0 bridgehead atoms. The lowest BCUT2D eigenvalue weighted by atomic mass is 10.0. The first-order chi connectivity index (χ1) is 10.3. The highest BCUT2D eigenvalue weighted by Gasteiger charge is 2.35. The molecule has 1 fully saturated rings. The van der Waals surface area contributed by atoms with Crippen LogP contribution in [0.15, 0.2) is 0 Å². The lowest BCUT2D eigenvalue weighted by Crippen LogP contribution is -3.00. The van der Waals surface area contributed by atoms with Crippen LogP contribution >= 0.6 is 0 Å². The zero-order valence-electron chi connectivity index (χ0n) is 15.2. The molecule has 1 rings (SSSR count). The zero-order chi connectivity index (χ0) is 16.7. The molecule has 4 atom stereocenters. The van der Waals surface area contributed by atoms with Gasteiger partial charge in [-0.3, -0.25) is 0 Å². The smallest absolute Gasteiger partial charge is 0.365 e. The largest absolute Gasteiger partial charge is 1.00 e. The van der Waals surface area contributed by atoms with Crippen molar-refractivity contribution in [1.29, 1.82) is 0 Å². The minimum atomic E-state index is -0.314. The Balaban J connectivity index is 0.00000484. The first-order valence-corrected chi connectivity index (χ1v) is 8.58. The molecule has 0 spiro atoms. The number of carbonyl (C=O) groups is 1. The van der Waals surface area contributed by atoms with Gasteiger partial charge in [0.1, 0.15) is 12.2 Å². The van der Waals surface area contributed by atoms with Gasteiger partial charge in [-0.15, -0.1) is 0 Å². The van der Waals surface area contributed by atoms with E-state index < -0.39 is 0 Å². The van der Waals surface area contributed by atoms with E-state index in [1.54, 1.807) is 0 Å². The lowest BCUT2D eigenvalue weighted by Gasteiger charge is -2.32. The molecule has 0 saturated carbocycles. The van der Waals surface area contributed by atoms with Crippen molar-refractivity contribution in [2.45, 2.75) is 78.2 Å². The molecular weight excluding hydrogens is 318 g/mol. The van der Waals surface area contributed by atoms with Gasteiger partial charge in [-0.2, -0.15) is 0 Å². The monoisotopic (exact) mass is 351 g/mol. The summed E-state index contributed by atoms with van der Waals surface area (Å²) in [6.45, 7) is 11.7. The molecule has 0 aromatic rings. The summed E-state index contributed by atoms with van der Waals surface area (Å²) in [5.41, 5.74) is 3.90. The third-order valence-electron chi connectivity index (χ3n) is 3.77. The van der Waals surface area contributed by atoms with Crippen LogP contribution < -0.4 is 18.1 Å². The molecule has 6 heteroatoms. The fourth-order valence-electron chi connectivity index (χ4n) is 2.54. The van der Waals surface area contributed by atoms with Crippen LogP contribution in [0, 0.1) is 11.8 Å². The number of cyclic esters (lactones) is 1. The molecule has 0 aromatic carbocycles. The van der Waals surface area contributed by atoms with E-state index in [-0.39, 0.29) is 42.7 Å². The maximum absolute atomic E-state index is 12.0. The van der Waals surface area contributed by atoms with Gasteiger partial charge in [-0.05, 0) is 31.6 Å². The van der Waals surface area contributed by atoms with Crippen molar-refractivity contribution in [1.82, 2.24) is 0 Å². The number of halogens is 1. The van der Waals surface area contributed by atoms with Crippen LogP contribution in [0.1, 0.15) is 53.9 Å². The van der Waals surface area contributed by atoms with Gasteiger partial charge in [0.2, 0.25) is 0 Å². The molecule has 0 amide bonds. The van der Waals surface area contributed by atoms with Crippen LogP contribution in [-0.4, -0.2) is 43.5 Å². The Morgan fingerprint density at radius 1 is 1.13 bits per heavy atom. The summed E-state index contributed by atoms with van der Waals surface area (Å²) in [4.78, 5) is 12.0. The molecule has 0 radical (unpaired) electrons. The second-order valence-electron chi connectivity index (χ2n) is 7.23. The van der Waals surface area contributed by atoms with Crippen molar-refractivity contribution >= 4 is 5.97 Å². The highest BCUT2D eigenvalue weighted by molar-refractivity contribution is 5.74. The van der Waals surface area contributed by atoms with E-state index in [0.29, 0.717) is 25.0 Å². The second kappa shape index (κ2) is 11.2. The van der Waals surface area contributed by atoms with Crippen molar-refractivity contribution in [3.05, 3.63) is 0 Å². The summed E-state index contributed by atoms with van der Waals surface area (Å²) in [6.07, 6.45) is 1.96. The highest BCUT2D eigenvalue weighted by Crippen LogP contribution is 2.22. The Morgan fingerprint density at radius 2 is 1.70 bits per heavy atom. The van der Waals surface area contributed by atoms with Crippen LogP contribution in [0.4, 0.5) is 0 Å². The van der Waals surface area contributed by atoms with Gasteiger partial charge in [0, 0.05) is 19.6 Å². The molecule has 0 unspecified atom stereocenters. The molecule has 138 valence electrons. The molecule has 0 aliphatic carbocycles. The Kier molecular flexibility index (Phi) is 11.1. The molecule has 5 nitrogen and oxygen atoms in total. The van der Waals surface area contributed by atoms with E-state index in [4.69, 9.17) is 14.2 Å². The Bertz CT molecular complexity index is 339. The maximum atomic E-state index is 12.0. The van der Waals surface area contributed by atoms with Crippen LogP contribution in [0.2, 0.25) is 0 Å². The van der Waals surface area contributed by atoms with Crippen LogP contribution in [0.5, 0.6) is 0 Å². The standard InChI is InChI=1S/C17H33NO4.ClH/c1-11(2)9-20-15-8-6-7-14(18)17(19)22-13(5)16(15)21-10-12(3)4;/h11-16H,6-10,18H2,1-5H3;1H/t13-,14-,15-,16-;/m0./s1. The lowest BCUT2D eigenvalue weighted by molar-refractivity contribution is -0.410. The average Bonchev–Trinajstić information content (AvgIpc) is 2.46. The number of hydrogen-bond donors (Lipinski definition) is 1. The van der Waals surface area contributed by atoms with Crippen LogP contribution in [0.25, 0.3) is 0 Å². The van der Waals surface area contributed by atoms with Gasteiger partial charge in [-0.1, -0.05) is 27.7 Å². The fraction of sp³-hybridized carbons (Fsp3) is 0.941. The maximum Gasteiger partial charge on any atom is 0.365 e. The molecule has 3 N–H and O–H groups in total. The number of hydrogen-bond acceptors (Lipinski definition) is 4. The third kappa shape index (κ3) is 8.34. The van der Waals surface area contributed by atoms with Crippen molar-refractivity contribution in [3.63, 3.8) is 0 Å². The summed E-state index contributed by atoms with van der Waals surface area (Å²) in [7, 11) is 0. The minimum Gasteiger partial charge on any atom is -1.00 e. The second-order valence-corrected chi connectivity index (χ2v) is 7.23. The number of carbonyl (C=O) groups excluding carboxylic acids is 1. The quantitative estimate of drug-likeness (QED) is 0.610. The SMILES string of the molecule is CC(C)CO[C@H]1[C@H](C)OC(=O)[C@@H]([NH3+])CCC[C@@H]1OCC(C)C.[Cl-]. The molecule has 0 aromatic heterocycles. The first-order valence-electron chi connectivity index (χ1n) is 8.58. The summed E-state index contributed by atoms with van der Waals surface area (Å²) in [6, 6.07) is -0.294. The number of esters is 1. The predicted octanol–water partition coefficient (Wildman–Crippen LogP) is -1.20. The van der Waals surface area contributed by atoms with E-state index in [9.17, 15) is 4.79 Å². The van der Waals surface area contributed by atoms with E-state index in [1.165, 1.54) is 0 Å². The molecule has 1 saturated heterocycles. The van der Waals surface area contributed by atoms with Crippen molar-refractivity contribution in [3.8, 4) is 0 Å². The van der Waals surface area contributed by atoms with Crippen molar-refractivity contribution in [2.75, 3.05) is 13.2 Å². The third-order valence-corrected chi connectivity index (χ3v) is 3.77. The minimum absolute atomic E-state index is 0. The van der Waals surface area contributed by atoms with Crippen LogP contribution in [0.3, 0.4) is 0 Å². The Morgan fingerprint density at radius 3 is 2.26 bits per heavy atom. The van der Waals surface area contributed by atoms with E-state index in [1.807, 2.05) is 6.92 Å². The van der Waals surface area contributed by atoms with Crippen molar-refractivity contribution in [2.24, 2.45) is 11.8 Å². The molecule has 1 heterocycles. The van der Waals surface area contributed by atoms with Gasteiger partial charge in [0.25, 0.3) is 0 Å². The number of ether oxygens (including phenoxy) is 3. The Labute approximate surface area is 147 Å². The summed E-state index contributed by atoms with van der Waals surface area (Å²) >= 11 is 0. The number of quaternary nitrogens is 1. The van der Waals surface area contributed by atoms with Gasteiger partial charge in [0.05, 0.1) is 6.10 Å². The molecular formula is C17H34ClNO4. The number of rotatable bonds is 6. The van der Waals surface area contributed by atoms with Gasteiger partial charge in [-0.25, -0.2) is 4.79 Å². The predicted molar refractivity (Wildman–Crippen MR) is 85.2 cm³/mol. The normalized spacial score (nSPS) is 29.5. The first kappa shape index (κ1) is 22.6. The molecule has 1 aliphatic heterocycles. The molecule has 23 heavy (non-hydrogen) atoms. The van der Waals surface area contributed by atoms with E-state index >= 15 is 0 Å².